The molecule has 1 saturated carbocycles. The first kappa shape index (κ1) is 16.0. The number of rotatable bonds is 4. The van der Waals surface area contributed by atoms with Crippen LogP contribution in [0, 0.1) is 6.92 Å². The number of nitrogens with zero attached hydrogens (tertiary/aromatic N) is 2. The highest BCUT2D eigenvalue weighted by Gasteiger charge is 2.36. The van der Waals surface area contributed by atoms with Gasteiger partial charge in [-0.15, -0.1) is 0 Å². The van der Waals surface area contributed by atoms with E-state index in [1.54, 1.807) is 19.1 Å². The van der Waals surface area contributed by atoms with E-state index in [1.807, 2.05) is 0 Å². The van der Waals surface area contributed by atoms with Crippen LogP contribution in [0.2, 0.25) is 0 Å². The van der Waals surface area contributed by atoms with E-state index in [0.29, 0.717) is 18.3 Å². The van der Waals surface area contributed by atoms with Gasteiger partial charge in [0, 0.05) is 12.5 Å². The number of hydrogen-bond donors (Lipinski definition) is 1. The van der Waals surface area contributed by atoms with Crippen molar-refractivity contribution in [2.24, 2.45) is 0 Å². The Hall–Kier alpha value is -1.89. The Kier molecular flexibility index (Phi) is 4.14. The van der Waals surface area contributed by atoms with Crippen LogP contribution >= 0.6 is 0 Å². The summed E-state index contributed by atoms with van der Waals surface area (Å²) >= 11 is 0. The summed E-state index contributed by atoms with van der Waals surface area (Å²) in [4.78, 5) is 4.15. The monoisotopic (exact) mass is 325 g/mol. The zero-order chi connectivity index (χ0) is 16.5. The number of aromatic nitrogens is 2. The van der Waals surface area contributed by atoms with Crippen molar-refractivity contribution >= 4 is 0 Å². The minimum absolute atomic E-state index is 0.321. The summed E-state index contributed by atoms with van der Waals surface area (Å²) in [5.74, 6) is 1.05. The predicted molar refractivity (Wildman–Crippen MR) is 77.5 cm³/mol. The van der Waals surface area contributed by atoms with Crippen LogP contribution in [0.5, 0.6) is 0 Å². The van der Waals surface area contributed by atoms with Gasteiger partial charge in [-0.1, -0.05) is 30.1 Å². The van der Waals surface area contributed by atoms with Crippen molar-refractivity contribution in [2.75, 3.05) is 0 Å². The summed E-state index contributed by atoms with van der Waals surface area (Å²) in [7, 11) is 0. The first-order chi connectivity index (χ1) is 10.9. The fourth-order valence-corrected chi connectivity index (χ4v) is 3.19. The number of nitrogens with one attached hydrogen (secondary N) is 1. The molecular weight excluding hydrogens is 307 g/mol. The molecule has 3 rings (SSSR count). The van der Waals surface area contributed by atoms with E-state index in [2.05, 4.69) is 15.5 Å². The maximum Gasteiger partial charge on any atom is 0.416 e. The molecule has 1 aromatic heterocycles. The van der Waals surface area contributed by atoms with Crippen molar-refractivity contribution in [3.05, 3.63) is 47.1 Å². The van der Waals surface area contributed by atoms with E-state index in [9.17, 15) is 13.2 Å². The molecule has 0 radical (unpaired) electrons. The summed E-state index contributed by atoms with van der Waals surface area (Å²) in [6, 6.07) is 5.44. The van der Waals surface area contributed by atoms with Crippen LogP contribution in [-0.2, 0) is 18.3 Å². The van der Waals surface area contributed by atoms with Gasteiger partial charge in [-0.25, -0.2) is 0 Å². The first-order valence-electron chi connectivity index (χ1n) is 7.61. The molecular formula is C16H18F3N3O. The SMILES string of the molecule is Cc1nc(CNC2(c3ccc(C(F)(F)F)cc3)CCCC2)no1. The Bertz CT molecular complexity index is 658. The second-order valence-electron chi connectivity index (χ2n) is 5.95. The summed E-state index contributed by atoms with van der Waals surface area (Å²) < 4.78 is 43.1. The van der Waals surface area contributed by atoms with E-state index in [4.69, 9.17) is 4.52 Å². The number of aryl methyl sites for hydroxylation is 1. The maximum atomic E-state index is 12.7. The summed E-state index contributed by atoms with van der Waals surface area (Å²) in [5.41, 5.74) is -0.0648. The topological polar surface area (TPSA) is 51.0 Å². The Morgan fingerprint density at radius 3 is 2.35 bits per heavy atom. The van der Waals surface area contributed by atoms with Crippen molar-refractivity contribution in [1.82, 2.24) is 15.5 Å². The molecule has 1 aliphatic carbocycles. The fraction of sp³-hybridized carbons (Fsp3) is 0.500. The van der Waals surface area contributed by atoms with E-state index in [0.717, 1.165) is 43.4 Å². The smallest absolute Gasteiger partial charge is 0.340 e. The average molecular weight is 325 g/mol. The van der Waals surface area contributed by atoms with Gasteiger partial charge in [-0.3, -0.25) is 0 Å². The lowest BCUT2D eigenvalue weighted by Crippen LogP contribution is -2.39. The minimum atomic E-state index is -4.31. The predicted octanol–water partition coefficient (Wildman–Crippen LogP) is 3.96. The van der Waals surface area contributed by atoms with Crippen molar-refractivity contribution in [2.45, 2.75) is 50.9 Å². The highest BCUT2D eigenvalue weighted by Crippen LogP contribution is 2.40. The second-order valence-corrected chi connectivity index (χ2v) is 5.95. The van der Waals surface area contributed by atoms with E-state index in [-0.39, 0.29) is 5.54 Å². The zero-order valence-electron chi connectivity index (χ0n) is 12.8. The molecule has 1 heterocycles. The van der Waals surface area contributed by atoms with Crippen molar-refractivity contribution in [1.29, 1.82) is 0 Å². The van der Waals surface area contributed by atoms with Crippen molar-refractivity contribution in [3.8, 4) is 0 Å². The largest absolute Gasteiger partial charge is 0.416 e. The highest BCUT2D eigenvalue weighted by molar-refractivity contribution is 5.31. The van der Waals surface area contributed by atoms with Crippen LogP contribution in [-0.4, -0.2) is 10.1 Å². The maximum absolute atomic E-state index is 12.7. The molecule has 1 N–H and O–H groups in total. The van der Waals surface area contributed by atoms with Crippen molar-refractivity contribution < 1.29 is 17.7 Å². The Labute approximate surface area is 132 Å². The third-order valence-electron chi connectivity index (χ3n) is 4.38. The van der Waals surface area contributed by atoms with Crippen molar-refractivity contribution in [3.63, 3.8) is 0 Å². The number of hydrogen-bond acceptors (Lipinski definition) is 4. The lowest BCUT2D eigenvalue weighted by Gasteiger charge is -2.31. The average Bonchev–Trinajstić information content (AvgIpc) is 3.14. The molecule has 1 aliphatic rings. The molecule has 1 fully saturated rings. The Morgan fingerprint density at radius 1 is 1.17 bits per heavy atom. The van der Waals surface area contributed by atoms with Crippen LogP contribution in [0.25, 0.3) is 0 Å². The summed E-state index contributed by atoms with van der Waals surface area (Å²) in [6.45, 7) is 2.15. The molecule has 2 aromatic rings. The molecule has 0 aliphatic heterocycles. The molecule has 0 spiro atoms. The Morgan fingerprint density at radius 2 is 1.83 bits per heavy atom. The van der Waals surface area contributed by atoms with Gasteiger partial charge in [0.2, 0.25) is 5.89 Å². The fourth-order valence-electron chi connectivity index (χ4n) is 3.19. The van der Waals surface area contributed by atoms with Crippen LogP contribution in [0.15, 0.2) is 28.8 Å². The van der Waals surface area contributed by atoms with Crippen LogP contribution in [0.3, 0.4) is 0 Å². The molecule has 23 heavy (non-hydrogen) atoms. The van der Waals surface area contributed by atoms with Crippen LogP contribution < -0.4 is 5.32 Å². The van der Waals surface area contributed by atoms with Gasteiger partial charge in [-0.05, 0) is 30.5 Å². The molecule has 0 bridgehead atoms. The highest BCUT2D eigenvalue weighted by atomic mass is 19.4. The standard InChI is InChI=1S/C16H18F3N3O/c1-11-21-14(22-23-11)10-20-15(8-2-3-9-15)12-4-6-13(7-5-12)16(17,18)19/h4-7,20H,2-3,8-10H2,1H3. The van der Waals surface area contributed by atoms with Crippen LogP contribution in [0.4, 0.5) is 13.2 Å². The molecule has 0 saturated heterocycles. The molecule has 1 aromatic carbocycles. The molecule has 0 amide bonds. The van der Waals surface area contributed by atoms with Gasteiger partial charge in [-0.2, -0.15) is 18.2 Å². The molecule has 4 nitrogen and oxygen atoms in total. The first-order valence-corrected chi connectivity index (χ1v) is 7.61. The summed E-state index contributed by atoms with van der Waals surface area (Å²) in [6.07, 6.45) is -0.458. The second kappa shape index (κ2) is 5.96. The lowest BCUT2D eigenvalue weighted by atomic mass is 9.87. The molecule has 0 atom stereocenters. The third kappa shape index (κ3) is 3.39. The normalized spacial score (nSPS) is 17.6. The minimum Gasteiger partial charge on any atom is -0.340 e. The van der Waals surface area contributed by atoms with Gasteiger partial charge in [0.1, 0.15) is 0 Å². The quantitative estimate of drug-likeness (QED) is 0.924. The van der Waals surface area contributed by atoms with Gasteiger partial charge in [0.25, 0.3) is 0 Å². The van der Waals surface area contributed by atoms with Gasteiger partial charge < -0.3 is 9.84 Å². The van der Waals surface area contributed by atoms with Crippen LogP contribution in [0.1, 0.15) is 48.5 Å². The van der Waals surface area contributed by atoms with Gasteiger partial charge >= 0.3 is 6.18 Å². The van der Waals surface area contributed by atoms with E-state index >= 15 is 0 Å². The van der Waals surface area contributed by atoms with Gasteiger partial charge in [0.15, 0.2) is 5.82 Å². The summed E-state index contributed by atoms with van der Waals surface area (Å²) in [5, 5.41) is 7.28. The molecule has 7 heteroatoms. The number of halogens is 3. The van der Waals surface area contributed by atoms with Gasteiger partial charge in [0.05, 0.1) is 12.1 Å². The van der Waals surface area contributed by atoms with E-state index in [1.165, 1.54) is 0 Å². The zero-order valence-corrected chi connectivity index (χ0v) is 12.8. The molecule has 0 unspecified atom stereocenters. The lowest BCUT2D eigenvalue weighted by molar-refractivity contribution is -0.137. The van der Waals surface area contributed by atoms with E-state index < -0.39 is 11.7 Å². The molecule has 124 valence electrons. The number of alkyl halides is 3. The third-order valence-corrected chi connectivity index (χ3v) is 4.38. The Balaban J connectivity index is 1.80. The number of benzene rings is 1.